The molecule has 0 aliphatic rings. The Hall–Kier alpha value is -3.46. The van der Waals surface area contributed by atoms with Gasteiger partial charge in [0, 0.05) is 22.0 Å². The molecule has 0 aliphatic heterocycles. The molecule has 9 heteroatoms. The summed E-state index contributed by atoms with van der Waals surface area (Å²) in [6, 6.07) is 7.57. The number of thiophene rings is 1. The highest BCUT2D eigenvalue weighted by Gasteiger charge is 2.23. The highest BCUT2D eigenvalue weighted by molar-refractivity contribution is 7.16. The van der Waals surface area contributed by atoms with Crippen molar-refractivity contribution in [2.45, 2.75) is 34.6 Å². The van der Waals surface area contributed by atoms with Crippen LogP contribution in [0.3, 0.4) is 0 Å². The standard InChI is InChI=1S/C24H25FN2O5S/c1-6-31-24(30)21-14(3)16(5)33-22(21)26-20(28)12-32-23(29)19-11-13(2)27(15(19)4)18-9-7-17(25)8-10-18/h7-11H,6,12H2,1-5H3,(H,26,28). The number of rotatable bonds is 7. The summed E-state index contributed by atoms with van der Waals surface area (Å²) in [5.74, 6) is -2.09. The quantitative estimate of drug-likeness (QED) is 0.495. The summed E-state index contributed by atoms with van der Waals surface area (Å²) in [5.41, 5.74) is 3.43. The largest absolute Gasteiger partial charge is 0.462 e. The van der Waals surface area contributed by atoms with E-state index in [0.29, 0.717) is 27.5 Å². The molecule has 2 heterocycles. The lowest BCUT2D eigenvalue weighted by molar-refractivity contribution is -0.119. The van der Waals surface area contributed by atoms with Crippen LogP contribution in [0.25, 0.3) is 5.69 Å². The monoisotopic (exact) mass is 472 g/mol. The van der Waals surface area contributed by atoms with E-state index in [2.05, 4.69) is 5.32 Å². The average Bonchev–Trinajstić information content (AvgIpc) is 3.21. The van der Waals surface area contributed by atoms with Crippen molar-refractivity contribution >= 4 is 34.2 Å². The molecule has 0 atom stereocenters. The van der Waals surface area contributed by atoms with E-state index in [-0.39, 0.29) is 12.4 Å². The summed E-state index contributed by atoms with van der Waals surface area (Å²) in [6.07, 6.45) is 0. The zero-order valence-corrected chi connectivity index (χ0v) is 19.9. The second-order valence-electron chi connectivity index (χ2n) is 7.43. The number of hydrogen-bond acceptors (Lipinski definition) is 6. The topological polar surface area (TPSA) is 86.6 Å². The molecule has 2 aromatic heterocycles. The molecule has 0 fully saturated rings. The number of carbonyl (C=O) groups excluding carboxylic acids is 3. The molecule has 1 amide bonds. The maximum atomic E-state index is 13.3. The van der Waals surface area contributed by atoms with Crippen molar-refractivity contribution in [2.75, 3.05) is 18.5 Å². The van der Waals surface area contributed by atoms with E-state index in [9.17, 15) is 18.8 Å². The summed E-state index contributed by atoms with van der Waals surface area (Å²) in [4.78, 5) is 38.2. The zero-order valence-electron chi connectivity index (χ0n) is 19.1. The third-order valence-electron chi connectivity index (χ3n) is 5.19. The third kappa shape index (κ3) is 5.14. The van der Waals surface area contributed by atoms with Gasteiger partial charge >= 0.3 is 11.9 Å². The van der Waals surface area contributed by atoms with Crippen LogP contribution in [-0.2, 0) is 14.3 Å². The zero-order chi connectivity index (χ0) is 24.3. The Labute approximate surface area is 195 Å². The second-order valence-corrected chi connectivity index (χ2v) is 8.65. The first-order valence-corrected chi connectivity index (χ1v) is 11.1. The van der Waals surface area contributed by atoms with Crippen LogP contribution in [0.5, 0.6) is 0 Å². The van der Waals surface area contributed by atoms with Crippen molar-refractivity contribution in [1.82, 2.24) is 4.57 Å². The minimum absolute atomic E-state index is 0.217. The molecule has 0 unspecified atom stereocenters. The molecule has 0 aliphatic carbocycles. The summed E-state index contributed by atoms with van der Waals surface area (Å²) < 4.78 is 25.4. The van der Waals surface area contributed by atoms with Crippen LogP contribution in [0.2, 0.25) is 0 Å². The van der Waals surface area contributed by atoms with E-state index >= 15 is 0 Å². The van der Waals surface area contributed by atoms with Crippen molar-refractivity contribution in [3.63, 3.8) is 0 Å². The molecular formula is C24H25FN2O5S. The highest BCUT2D eigenvalue weighted by atomic mass is 32.1. The van der Waals surface area contributed by atoms with Gasteiger partial charge < -0.3 is 19.4 Å². The Morgan fingerprint density at radius 3 is 2.33 bits per heavy atom. The summed E-state index contributed by atoms with van der Waals surface area (Å²) in [5, 5.41) is 3.00. The Kier molecular flexibility index (Phi) is 7.33. The van der Waals surface area contributed by atoms with Crippen LogP contribution in [0, 0.1) is 33.5 Å². The number of aromatic nitrogens is 1. The lowest BCUT2D eigenvalue weighted by Crippen LogP contribution is -2.22. The van der Waals surface area contributed by atoms with Gasteiger partial charge in [-0.05, 0) is 70.5 Å². The van der Waals surface area contributed by atoms with Crippen molar-refractivity contribution in [1.29, 1.82) is 0 Å². The normalized spacial score (nSPS) is 10.7. The van der Waals surface area contributed by atoms with Crippen LogP contribution in [0.1, 0.15) is 49.5 Å². The van der Waals surface area contributed by atoms with E-state index in [1.807, 2.05) is 13.8 Å². The Balaban J connectivity index is 1.70. The maximum Gasteiger partial charge on any atom is 0.341 e. The van der Waals surface area contributed by atoms with Gasteiger partial charge in [0.05, 0.1) is 17.7 Å². The molecule has 7 nitrogen and oxygen atoms in total. The molecule has 0 bridgehead atoms. The molecular weight excluding hydrogens is 447 g/mol. The van der Waals surface area contributed by atoms with E-state index in [1.165, 1.54) is 23.5 Å². The first-order valence-electron chi connectivity index (χ1n) is 10.3. The Bertz CT molecular complexity index is 1210. The fourth-order valence-electron chi connectivity index (χ4n) is 3.49. The van der Waals surface area contributed by atoms with Gasteiger partial charge in [-0.2, -0.15) is 0 Å². The first-order chi connectivity index (χ1) is 15.6. The molecule has 174 valence electrons. The Morgan fingerprint density at radius 1 is 1.03 bits per heavy atom. The first kappa shape index (κ1) is 24.2. The number of nitrogens with zero attached hydrogens (tertiary/aromatic N) is 1. The molecule has 0 saturated carbocycles. The summed E-state index contributed by atoms with van der Waals surface area (Å²) in [6.45, 7) is 8.59. The van der Waals surface area contributed by atoms with Gasteiger partial charge in [-0.15, -0.1) is 11.3 Å². The second kappa shape index (κ2) is 9.99. The minimum atomic E-state index is -0.657. The number of anilines is 1. The van der Waals surface area contributed by atoms with E-state index in [4.69, 9.17) is 9.47 Å². The fourth-order valence-corrected chi connectivity index (χ4v) is 4.56. The third-order valence-corrected chi connectivity index (χ3v) is 6.31. The van der Waals surface area contributed by atoms with Crippen molar-refractivity contribution < 1.29 is 28.2 Å². The maximum absolute atomic E-state index is 13.3. The van der Waals surface area contributed by atoms with Gasteiger partial charge in [0.25, 0.3) is 5.91 Å². The van der Waals surface area contributed by atoms with Crippen LogP contribution < -0.4 is 5.32 Å². The highest BCUT2D eigenvalue weighted by Crippen LogP contribution is 2.33. The minimum Gasteiger partial charge on any atom is -0.462 e. The number of aryl methyl sites for hydroxylation is 2. The van der Waals surface area contributed by atoms with Crippen LogP contribution in [-0.4, -0.2) is 35.6 Å². The molecule has 3 aromatic rings. The Morgan fingerprint density at radius 2 is 1.70 bits per heavy atom. The van der Waals surface area contributed by atoms with Gasteiger partial charge in [0.15, 0.2) is 6.61 Å². The van der Waals surface area contributed by atoms with Gasteiger partial charge in [-0.25, -0.2) is 14.0 Å². The van der Waals surface area contributed by atoms with Crippen LogP contribution in [0.15, 0.2) is 30.3 Å². The van der Waals surface area contributed by atoms with Crippen molar-refractivity contribution in [3.8, 4) is 5.69 Å². The van der Waals surface area contributed by atoms with Crippen LogP contribution >= 0.6 is 11.3 Å². The summed E-state index contributed by atoms with van der Waals surface area (Å²) >= 11 is 1.26. The van der Waals surface area contributed by atoms with E-state index in [1.54, 1.807) is 43.5 Å². The SMILES string of the molecule is CCOC(=O)c1c(NC(=O)COC(=O)c2cc(C)n(-c3ccc(F)cc3)c2C)sc(C)c1C. The van der Waals surface area contributed by atoms with Crippen molar-refractivity contribution in [3.05, 3.63) is 69.1 Å². The number of halogens is 1. The molecule has 0 saturated heterocycles. The smallest absolute Gasteiger partial charge is 0.341 e. The number of nitrogens with one attached hydrogen (secondary N) is 1. The predicted octanol–water partition coefficient (Wildman–Crippen LogP) is 4.88. The number of hydrogen-bond donors (Lipinski definition) is 1. The predicted molar refractivity (Wildman–Crippen MR) is 124 cm³/mol. The van der Waals surface area contributed by atoms with Crippen molar-refractivity contribution in [2.24, 2.45) is 0 Å². The number of esters is 2. The van der Waals surface area contributed by atoms with Gasteiger partial charge in [-0.1, -0.05) is 0 Å². The number of benzene rings is 1. The van der Waals surface area contributed by atoms with E-state index < -0.39 is 24.5 Å². The lowest BCUT2D eigenvalue weighted by Gasteiger charge is -2.10. The molecule has 0 spiro atoms. The summed E-state index contributed by atoms with van der Waals surface area (Å²) in [7, 11) is 0. The fraction of sp³-hybridized carbons (Fsp3) is 0.292. The number of carbonyl (C=O) groups is 3. The lowest BCUT2D eigenvalue weighted by atomic mass is 10.1. The van der Waals surface area contributed by atoms with E-state index in [0.717, 1.165) is 16.1 Å². The van der Waals surface area contributed by atoms with Gasteiger partial charge in [0.1, 0.15) is 10.8 Å². The molecule has 3 rings (SSSR count). The molecule has 1 N–H and O–H groups in total. The number of amides is 1. The molecule has 33 heavy (non-hydrogen) atoms. The van der Waals surface area contributed by atoms with Gasteiger partial charge in [0.2, 0.25) is 0 Å². The molecule has 0 radical (unpaired) electrons. The number of ether oxygens (including phenoxy) is 2. The average molecular weight is 473 g/mol. The van der Waals surface area contributed by atoms with Gasteiger partial charge in [-0.3, -0.25) is 4.79 Å². The van der Waals surface area contributed by atoms with Crippen LogP contribution in [0.4, 0.5) is 9.39 Å². The molecule has 1 aromatic carbocycles.